The molecule has 0 radical (unpaired) electrons. The molecule has 0 aliphatic heterocycles. The van der Waals surface area contributed by atoms with Crippen LogP contribution < -0.4 is 20.1 Å². The molecule has 4 N–H and O–H groups in total. The number of amides is 2. The number of hydrogen-bond donors (Lipinski definition) is 4. The summed E-state index contributed by atoms with van der Waals surface area (Å²) < 4.78 is 60.6. The Hall–Kier alpha value is -5.65. The molecule has 51 heavy (non-hydrogen) atoms. The van der Waals surface area contributed by atoms with Gasteiger partial charge in [0.25, 0.3) is 5.91 Å². The molecule has 0 bridgehead atoms. The molecule has 0 saturated heterocycles. The van der Waals surface area contributed by atoms with E-state index in [0.29, 0.717) is 11.1 Å². The number of ether oxygens (including phenoxy) is 3. The average Bonchev–Trinajstić information content (AvgIpc) is 3.11. The molecule has 0 aliphatic carbocycles. The van der Waals surface area contributed by atoms with Crippen molar-refractivity contribution in [1.82, 2.24) is 15.6 Å². The largest absolute Gasteiger partial charge is 0.493 e. The Bertz CT molecular complexity index is 1880. The number of alkyl carbamates (subject to hydrolysis) is 1. The number of nitrogens with zero attached hydrogens (tertiary/aromatic N) is 2. The molecular weight excluding hydrogens is 669 g/mol. The molecule has 1 aromatic heterocycles. The Labute approximate surface area is 292 Å². The number of aliphatic hydroxyl groups excluding tert-OH is 1. The summed E-state index contributed by atoms with van der Waals surface area (Å²) in [6, 6.07) is 23.1. The van der Waals surface area contributed by atoms with Gasteiger partial charge in [0.2, 0.25) is 5.60 Å². The van der Waals surface area contributed by atoms with Crippen LogP contribution in [-0.4, -0.2) is 59.7 Å². The molecule has 2 atom stereocenters. The van der Waals surface area contributed by atoms with Gasteiger partial charge >= 0.3 is 12.3 Å². The van der Waals surface area contributed by atoms with E-state index in [4.69, 9.17) is 14.2 Å². The Morgan fingerprint density at radius 2 is 1.67 bits per heavy atom. The van der Waals surface area contributed by atoms with Gasteiger partial charge in [-0.1, -0.05) is 42.5 Å². The van der Waals surface area contributed by atoms with Crippen molar-refractivity contribution in [2.24, 2.45) is 0 Å². The SMILES string of the molecule is COc1cc(C(=O)NCC(O)(c2cc(C(C)(C)NC(=O)OCc3ccccc3)cc(-c3ccc(C#N)cc3)n2)C(F)(F)F)ccc1OC[C@@H](C)O. The van der Waals surface area contributed by atoms with Gasteiger partial charge in [0.05, 0.1) is 48.3 Å². The van der Waals surface area contributed by atoms with E-state index in [1.807, 2.05) is 6.07 Å². The minimum Gasteiger partial charge on any atom is -0.493 e. The van der Waals surface area contributed by atoms with E-state index in [9.17, 15) is 38.2 Å². The summed E-state index contributed by atoms with van der Waals surface area (Å²) in [4.78, 5) is 30.1. The first-order valence-electron chi connectivity index (χ1n) is 15.6. The summed E-state index contributed by atoms with van der Waals surface area (Å²) in [6.07, 6.45) is -6.99. The van der Waals surface area contributed by atoms with E-state index in [-0.39, 0.29) is 41.5 Å². The zero-order valence-corrected chi connectivity index (χ0v) is 28.2. The van der Waals surface area contributed by atoms with Crippen molar-refractivity contribution in [3.8, 4) is 28.8 Å². The second-order valence-corrected chi connectivity index (χ2v) is 12.2. The monoisotopic (exact) mass is 706 g/mol. The highest BCUT2D eigenvalue weighted by molar-refractivity contribution is 5.95. The number of nitriles is 1. The standard InChI is InChI=1S/C37H37F3N4O7/c1-23(45)20-50-30-15-14-27(16-31(30)49-4)33(46)42-22-36(48,37(38,39)40)32-18-28(17-29(43-32)26-12-10-24(19-41)11-13-26)35(2,3)44-34(47)51-21-25-8-6-5-7-9-25/h5-18,23,45,48H,20-22H2,1-4H3,(H,42,46)(H,44,47)/t23-,36?/m1/s1. The number of halogens is 3. The highest BCUT2D eigenvalue weighted by Crippen LogP contribution is 2.40. The number of carbonyl (C=O) groups excluding carboxylic acids is 2. The number of methoxy groups -OCH3 is 1. The quantitative estimate of drug-likeness (QED) is 0.136. The van der Waals surface area contributed by atoms with Crippen molar-refractivity contribution in [2.75, 3.05) is 20.3 Å². The fourth-order valence-corrected chi connectivity index (χ4v) is 4.84. The van der Waals surface area contributed by atoms with Crippen molar-refractivity contribution in [2.45, 2.75) is 50.8 Å². The summed E-state index contributed by atoms with van der Waals surface area (Å²) in [5, 5.41) is 34.9. The Balaban J connectivity index is 1.69. The van der Waals surface area contributed by atoms with Gasteiger partial charge in [-0.3, -0.25) is 4.79 Å². The Kier molecular flexibility index (Phi) is 11.9. The highest BCUT2D eigenvalue weighted by atomic mass is 19.4. The first-order valence-corrected chi connectivity index (χ1v) is 15.6. The van der Waals surface area contributed by atoms with Crippen molar-refractivity contribution >= 4 is 12.0 Å². The first-order chi connectivity index (χ1) is 24.1. The molecule has 1 heterocycles. The predicted molar refractivity (Wildman–Crippen MR) is 180 cm³/mol. The lowest BCUT2D eigenvalue weighted by molar-refractivity contribution is -0.265. The number of benzene rings is 3. The van der Waals surface area contributed by atoms with E-state index >= 15 is 0 Å². The van der Waals surface area contributed by atoms with Crippen LogP contribution in [0.5, 0.6) is 11.5 Å². The van der Waals surface area contributed by atoms with Gasteiger partial charge in [0.15, 0.2) is 11.5 Å². The molecule has 4 rings (SSSR count). The van der Waals surface area contributed by atoms with Crippen LogP contribution in [0.3, 0.4) is 0 Å². The van der Waals surface area contributed by atoms with E-state index in [2.05, 4.69) is 15.6 Å². The smallest absolute Gasteiger partial charge is 0.424 e. The van der Waals surface area contributed by atoms with Gasteiger partial charge in [-0.05, 0) is 74.4 Å². The van der Waals surface area contributed by atoms with Crippen molar-refractivity contribution in [1.29, 1.82) is 5.26 Å². The molecule has 3 aromatic carbocycles. The summed E-state index contributed by atoms with van der Waals surface area (Å²) in [5.74, 6) is -0.684. The number of rotatable bonds is 13. The van der Waals surface area contributed by atoms with Crippen LogP contribution in [-0.2, 0) is 22.5 Å². The predicted octanol–water partition coefficient (Wildman–Crippen LogP) is 5.73. The fourth-order valence-electron chi connectivity index (χ4n) is 4.84. The second kappa shape index (κ2) is 15.9. The second-order valence-electron chi connectivity index (χ2n) is 12.2. The fraction of sp³-hybridized carbons (Fsp3) is 0.297. The molecule has 0 fully saturated rings. The zero-order valence-electron chi connectivity index (χ0n) is 28.2. The lowest BCUT2D eigenvalue weighted by Crippen LogP contribution is -2.52. The summed E-state index contributed by atoms with van der Waals surface area (Å²) in [7, 11) is 1.30. The molecule has 2 amide bonds. The number of nitrogens with one attached hydrogen (secondary N) is 2. The molecule has 4 aromatic rings. The maximum Gasteiger partial charge on any atom is 0.424 e. The number of carbonyl (C=O) groups is 2. The summed E-state index contributed by atoms with van der Waals surface area (Å²) in [5.41, 5.74) is -4.59. The van der Waals surface area contributed by atoms with Crippen LogP contribution in [0.4, 0.5) is 18.0 Å². The molecule has 11 nitrogen and oxygen atoms in total. The molecule has 0 aliphatic rings. The van der Waals surface area contributed by atoms with Gasteiger partial charge in [-0.15, -0.1) is 0 Å². The van der Waals surface area contributed by atoms with Gasteiger partial charge in [-0.2, -0.15) is 18.4 Å². The average molecular weight is 707 g/mol. The van der Waals surface area contributed by atoms with Crippen LogP contribution in [0.1, 0.15) is 53.5 Å². The van der Waals surface area contributed by atoms with Crippen LogP contribution in [0.15, 0.2) is 84.9 Å². The number of aromatic nitrogens is 1. The minimum atomic E-state index is -5.35. The Morgan fingerprint density at radius 3 is 2.27 bits per heavy atom. The molecule has 0 spiro atoms. The molecule has 14 heteroatoms. The number of hydrogen-bond acceptors (Lipinski definition) is 9. The highest BCUT2D eigenvalue weighted by Gasteiger charge is 2.56. The molecule has 268 valence electrons. The van der Waals surface area contributed by atoms with Crippen molar-refractivity contribution < 1.29 is 47.2 Å². The lowest BCUT2D eigenvalue weighted by atomic mass is 9.88. The number of pyridine rings is 1. The molecule has 1 unspecified atom stereocenters. The van der Waals surface area contributed by atoms with Crippen LogP contribution in [0.2, 0.25) is 0 Å². The number of alkyl halides is 3. The maximum absolute atomic E-state index is 14.9. The Morgan fingerprint density at radius 1 is 0.980 bits per heavy atom. The van der Waals surface area contributed by atoms with Gasteiger partial charge in [0.1, 0.15) is 13.2 Å². The van der Waals surface area contributed by atoms with E-state index in [1.54, 1.807) is 30.3 Å². The van der Waals surface area contributed by atoms with Gasteiger partial charge < -0.3 is 35.1 Å². The molecular formula is C37H37F3N4O7. The topological polar surface area (TPSA) is 163 Å². The van der Waals surface area contributed by atoms with Crippen LogP contribution in [0, 0.1) is 11.3 Å². The maximum atomic E-state index is 14.9. The third-order valence-electron chi connectivity index (χ3n) is 7.79. The third kappa shape index (κ3) is 9.53. The first kappa shape index (κ1) is 38.2. The van der Waals surface area contributed by atoms with Crippen LogP contribution in [0.25, 0.3) is 11.3 Å². The van der Waals surface area contributed by atoms with E-state index in [1.165, 1.54) is 76.4 Å². The number of aliphatic hydroxyl groups is 2. The summed E-state index contributed by atoms with van der Waals surface area (Å²) in [6.45, 7) is 3.11. The van der Waals surface area contributed by atoms with Gasteiger partial charge in [-0.25, -0.2) is 9.78 Å². The minimum absolute atomic E-state index is 0.00829. The lowest BCUT2D eigenvalue weighted by Gasteiger charge is -2.33. The summed E-state index contributed by atoms with van der Waals surface area (Å²) >= 11 is 0. The zero-order chi connectivity index (χ0) is 37.4. The third-order valence-corrected chi connectivity index (χ3v) is 7.79. The van der Waals surface area contributed by atoms with E-state index < -0.39 is 47.7 Å². The molecule has 0 saturated carbocycles. The van der Waals surface area contributed by atoms with Crippen molar-refractivity contribution in [3.05, 3.63) is 113 Å². The van der Waals surface area contributed by atoms with Crippen molar-refractivity contribution in [3.63, 3.8) is 0 Å². The van der Waals surface area contributed by atoms with Gasteiger partial charge in [0, 0.05) is 11.1 Å². The normalized spacial score (nSPS) is 13.3. The van der Waals surface area contributed by atoms with E-state index in [0.717, 1.165) is 11.6 Å². The van der Waals surface area contributed by atoms with Crippen LogP contribution >= 0.6 is 0 Å².